The van der Waals surface area contributed by atoms with Crippen LogP contribution in [0.15, 0.2) is 97.1 Å². The van der Waals surface area contributed by atoms with E-state index >= 15 is 0 Å². The number of hydrogen-bond donors (Lipinski definition) is 0. The van der Waals surface area contributed by atoms with Crippen LogP contribution in [-0.2, 0) is 4.57 Å². The van der Waals surface area contributed by atoms with E-state index in [1.165, 1.54) is 11.3 Å². The summed E-state index contributed by atoms with van der Waals surface area (Å²) in [6, 6.07) is 30.9. The fourth-order valence-electron chi connectivity index (χ4n) is 3.23. The molecule has 4 aromatic carbocycles. The van der Waals surface area contributed by atoms with Crippen molar-refractivity contribution in [3.05, 3.63) is 97.1 Å². The Morgan fingerprint density at radius 1 is 0.750 bits per heavy atom. The van der Waals surface area contributed by atoms with Gasteiger partial charge in [0.1, 0.15) is 5.75 Å². The molecular weight excluding hydrogens is 385 g/mol. The highest BCUT2D eigenvalue weighted by Gasteiger charge is 2.34. The summed E-state index contributed by atoms with van der Waals surface area (Å²) in [7, 11) is -3.42. The third-order valence-electron chi connectivity index (χ3n) is 4.61. The van der Waals surface area contributed by atoms with Crippen LogP contribution in [0.25, 0.3) is 21.0 Å². The Bertz CT molecular complexity index is 1290. The van der Waals surface area contributed by atoms with Gasteiger partial charge in [0.05, 0.1) is 15.5 Å². The van der Waals surface area contributed by atoms with Crippen LogP contribution in [0.4, 0.5) is 0 Å². The molecule has 136 valence electrons. The fourth-order valence-corrected chi connectivity index (χ4v) is 6.78. The summed E-state index contributed by atoms with van der Waals surface area (Å²) >= 11 is 1.42. The predicted molar refractivity (Wildman–Crippen MR) is 118 cm³/mol. The monoisotopic (exact) mass is 401 g/mol. The third kappa shape index (κ3) is 2.91. The van der Waals surface area contributed by atoms with Gasteiger partial charge >= 0.3 is 7.37 Å². The minimum absolute atomic E-state index is 0.507. The molecule has 5 rings (SSSR count). The molecule has 5 heteroatoms. The van der Waals surface area contributed by atoms with Gasteiger partial charge < -0.3 is 4.52 Å². The summed E-state index contributed by atoms with van der Waals surface area (Å²) in [6.45, 7) is 0. The Morgan fingerprint density at radius 3 is 2.32 bits per heavy atom. The highest BCUT2D eigenvalue weighted by atomic mass is 32.1. The summed E-state index contributed by atoms with van der Waals surface area (Å²) in [4.78, 5) is 4.67. The first-order valence-electron chi connectivity index (χ1n) is 8.93. The number of nitrogens with zero attached hydrogens (tertiary/aromatic N) is 1. The molecule has 0 bridgehead atoms. The second kappa shape index (κ2) is 6.90. The molecule has 28 heavy (non-hydrogen) atoms. The van der Waals surface area contributed by atoms with Crippen LogP contribution >= 0.6 is 18.7 Å². The molecule has 0 aliphatic carbocycles. The fraction of sp³-hybridized carbons (Fsp3) is 0. The van der Waals surface area contributed by atoms with Crippen molar-refractivity contribution in [3.63, 3.8) is 0 Å². The van der Waals surface area contributed by atoms with Gasteiger partial charge in [-0.1, -0.05) is 66.7 Å². The summed E-state index contributed by atoms with van der Waals surface area (Å²) in [5.74, 6) is 0.601. The number of thiazole rings is 1. The van der Waals surface area contributed by atoms with Gasteiger partial charge in [-0.25, -0.2) is 4.98 Å². The lowest BCUT2D eigenvalue weighted by atomic mass is 10.1. The molecule has 0 radical (unpaired) electrons. The maximum absolute atomic E-state index is 14.3. The molecule has 0 fully saturated rings. The molecule has 0 saturated heterocycles. The zero-order valence-electron chi connectivity index (χ0n) is 14.9. The van der Waals surface area contributed by atoms with Gasteiger partial charge in [0.15, 0.2) is 4.75 Å². The maximum atomic E-state index is 14.3. The predicted octanol–water partition coefficient (Wildman–Crippen LogP) is 5.76. The SMILES string of the molecule is O=P(Oc1cccc2ccccc12)(c1ccccc1)c1nc2ccccc2s1. The zero-order chi connectivity index (χ0) is 19.0. The number of rotatable bonds is 4. The number of fused-ring (bicyclic) bond motifs is 2. The largest absolute Gasteiger partial charge is 0.435 e. The first kappa shape index (κ1) is 17.2. The van der Waals surface area contributed by atoms with Gasteiger partial charge in [-0.15, -0.1) is 11.3 Å². The Labute approximate surface area is 166 Å². The molecule has 0 saturated carbocycles. The maximum Gasteiger partial charge on any atom is 0.334 e. The highest BCUT2D eigenvalue weighted by molar-refractivity contribution is 7.79. The van der Waals surface area contributed by atoms with Crippen LogP contribution in [0, 0.1) is 0 Å². The van der Waals surface area contributed by atoms with Gasteiger partial charge in [-0.05, 0) is 35.7 Å². The summed E-state index contributed by atoms with van der Waals surface area (Å²) < 4.78 is 22.1. The van der Waals surface area contributed by atoms with Gasteiger partial charge in [0.25, 0.3) is 0 Å². The van der Waals surface area contributed by atoms with Crippen LogP contribution in [0.3, 0.4) is 0 Å². The van der Waals surface area contributed by atoms with E-state index in [0.29, 0.717) is 15.8 Å². The molecule has 0 aliphatic heterocycles. The molecule has 0 spiro atoms. The Balaban J connectivity index is 1.72. The summed E-state index contributed by atoms with van der Waals surface area (Å²) in [5, 5.41) is 2.62. The third-order valence-corrected chi connectivity index (χ3v) is 8.48. The molecule has 0 amide bonds. The highest BCUT2D eigenvalue weighted by Crippen LogP contribution is 2.48. The molecule has 1 atom stereocenters. The smallest absolute Gasteiger partial charge is 0.334 e. The Hall–Kier alpha value is -2.94. The van der Waals surface area contributed by atoms with Crippen molar-refractivity contribution in [1.82, 2.24) is 4.98 Å². The van der Waals surface area contributed by atoms with E-state index in [1.807, 2.05) is 97.1 Å². The van der Waals surface area contributed by atoms with Gasteiger partial charge in [-0.3, -0.25) is 4.57 Å². The van der Waals surface area contributed by atoms with E-state index in [4.69, 9.17) is 4.52 Å². The molecule has 3 nitrogen and oxygen atoms in total. The molecule has 0 aliphatic rings. The van der Waals surface area contributed by atoms with Gasteiger partial charge in [-0.2, -0.15) is 0 Å². The van der Waals surface area contributed by atoms with Crippen LogP contribution < -0.4 is 14.6 Å². The second-order valence-corrected chi connectivity index (χ2v) is 9.98. The minimum atomic E-state index is -3.42. The molecule has 0 N–H and O–H groups in total. The van der Waals surface area contributed by atoms with E-state index in [2.05, 4.69) is 4.98 Å². The van der Waals surface area contributed by atoms with Crippen molar-refractivity contribution in [2.75, 3.05) is 0 Å². The van der Waals surface area contributed by atoms with Crippen LogP contribution in [0.5, 0.6) is 5.75 Å². The lowest BCUT2D eigenvalue weighted by Crippen LogP contribution is -2.19. The zero-order valence-corrected chi connectivity index (χ0v) is 16.6. The van der Waals surface area contributed by atoms with Crippen molar-refractivity contribution >= 4 is 49.7 Å². The number of aromatic nitrogens is 1. The van der Waals surface area contributed by atoms with E-state index in [1.54, 1.807) is 0 Å². The molecule has 1 aromatic heterocycles. The quantitative estimate of drug-likeness (QED) is 0.360. The minimum Gasteiger partial charge on any atom is -0.435 e. The van der Waals surface area contributed by atoms with Crippen molar-refractivity contribution in [3.8, 4) is 5.75 Å². The Morgan fingerprint density at radius 2 is 1.46 bits per heavy atom. The lowest BCUT2D eigenvalue weighted by molar-refractivity contribution is 0.505. The summed E-state index contributed by atoms with van der Waals surface area (Å²) in [5.41, 5.74) is 0.833. The second-order valence-electron chi connectivity index (χ2n) is 6.42. The first-order chi connectivity index (χ1) is 13.7. The van der Waals surface area contributed by atoms with E-state index in [9.17, 15) is 4.57 Å². The molecule has 1 heterocycles. The normalized spacial score (nSPS) is 13.4. The first-order valence-corrected chi connectivity index (χ1v) is 11.4. The van der Waals surface area contributed by atoms with E-state index < -0.39 is 7.37 Å². The van der Waals surface area contributed by atoms with Crippen LogP contribution in [0.1, 0.15) is 0 Å². The van der Waals surface area contributed by atoms with E-state index in [-0.39, 0.29) is 0 Å². The summed E-state index contributed by atoms with van der Waals surface area (Å²) in [6.07, 6.45) is 0. The number of para-hydroxylation sites is 1. The van der Waals surface area contributed by atoms with Crippen molar-refractivity contribution in [2.24, 2.45) is 0 Å². The van der Waals surface area contributed by atoms with Gasteiger partial charge in [0, 0.05) is 5.39 Å². The Kier molecular flexibility index (Phi) is 4.23. The van der Waals surface area contributed by atoms with Crippen molar-refractivity contribution < 1.29 is 9.09 Å². The van der Waals surface area contributed by atoms with E-state index in [0.717, 1.165) is 21.0 Å². The van der Waals surface area contributed by atoms with Crippen molar-refractivity contribution in [2.45, 2.75) is 0 Å². The molecule has 1 unspecified atom stereocenters. The molecule has 5 aromatic rings. The van der Waals surface area contributed by atoms with Gasteiger partial charge in [0.2, 0.25) is 0 Å². The average molecular weight is 401 g/mol. The van der Waals surface area contributed by atoms with Crippen molar-refractivity contribution in [1.29, 1.82) is 0 Å². The molecular formula is C23H16NO2PS. The number of hydrogen-bond acceptors (Lipinski definition) is 4. The van der Waals surface area contributed by atoms with Crippen LogP contribution in [-0.4, -0.2) is 4.98 Å². The average Bonchev–Trinajstić information content (AvgIpc) is 3.20. The number of benzene rings is 4. The topological polar surface area (TPSA) is 39.2 Å². The standard InChI is InChI=1S/C23H16NO2PS/c25-27(18-11-2-1-3-12-18,23-24-20-14-6-7-16-22(20)28-23)26-21-15-8-10-17-9-4-5-13-19(17)21/h1-16H. The lowest BCUT2D eigenvalue weighted by Gasteiger charge is -2.19. The van der Waals surface area contributed by atoms with Crippen LogP contribution in [0.2, 0.25) is 0 Å².